The van der Waals surface area contributed by atoms with Gasteiger partial charge in [-0.1, -0.05) is 32.9 Å². The van der Waals surface area contributed by atoms with Crippen LogP contribution < -0.4 is 10.0 Å². The predicted molar refractivity (Wildman–Crippen MR) is 114 cm³/mol. The van der Waals surface area contributed by atoms with E-state index in [1.165, 1.54) is 29.8 Å². The Balaban J connectivity index is 1.62. The largest absolute Gasteiger partial charge is 0.377 e. The molecule has 0 saturated carbocycles. The number of nitrogens with one attached hydrogen (secondary N) is 2. The van der Waals surface area contributed by atoms with E-state index < -0.39 is 10.0 Å². The van der Waals surface area contributed by atoms with Gasteiger partial charge in [-0.15, -0.1) is 0 Å². The summed E-state index contributed by atoms with van der Waals surface area (Å²) in [6, 6.07) is 13.6. The SMILES string of the molecule is CC(C)(C)c1ccc(NC(=O)c2ccc(S(=O)(=O)NC[C@H]3CCCO3)cc2)cc1. The van der Waals surface area contributed by atoms with E-state index in [-0.39, 0.29) is 28.9 Å². The smallest absolute Gasteiger partial charge is 0.255 e. The molecule has 0 bridgehead atoms. The van der Waals surface area contributed by atoms with Crippen LogP contribution in [0.25, 0.3) is 0 Å². The van der Waals surface area contributed by atoms with Crippen LogP contribution in [0, 0.1) is 0 Å². The third kappa shape index (κ3) is 5.65. The minimum atomic E-state index is -3.63. The van der Waals surface area contributed by atoms with Crippen LogP contribution in [0.2, 0.25) is 0 Å². The topological polar surface area (TPSA) is 84.5 Å². The van der Waals surface area contributed by atoms with Crippen LogP contribution in [-0.4, -0.2) is 33.6 Å². The van der Waals surface area contributed by atoms with Gasteiger partial charge in [0, 0.05) is 24.4 Å². The molecule has 0 radical (unpaired) electrons. The first kappa shape index (κ1) is 21.5. The lowest BCUT2D eigenvalue weighted by Gasteiger charge is -2.19. The molecule has 0 unspecified atom stereocenters. The number of carbonyl (C=O) groups is 1. The lowest BCUT2D eigenvalue weighted by molar-refractivity contribution is 0.102. The summed E-state index contributed by atoms with van der Waals surface area (Å²) < 4.78 is 32.8. The molecule has 7 heteroatoms. The molecule has 1 aliphatic heterocycles. The lowest BCUT2D eigenvalue weighted by atomic mass is 9.87. The van der Waals surface area contributed by atoms with Gasteiger partial charge in [-0.2, -0.15) is 0 Å². The molecule has 1 aliphatic rings. The minimum absolute atomic E-state index is 0.0434. The zero-order valence-electron chi connectivity index (χ0n) is 17.1. The van der Waals surface area contributed by atoms with Crippen molar-refractivity contribution in [2.24, 2.45) is 0 Å². The highest BCUT2D eigenvalue weighted by atomic mass is 32.2. The summed E-state index contributed by atoms with van der Waals surface area (Å²) >= 11 is 0. The maximum Gasteiger partial charge on any atom is 0.255 e. The van der Waals surface area contributed by atoms with Gasteiger partial charge in [0.25, 0.3) is 5.91 Å². The van der Waals surface area contributed by atoms with Crippen molar-refractivity contribution in [2.75, 3.05) is 18.5 Å². The normalized spacial score (nSPS) is 17.3. The molecule has 1 fully saturated rings. The van der Waals surface area contributed by atoms with Gasteiger partial charge in [-0.3, -0.25) is 4.79 Å². The lowest BCUT2D eigenvalue weighted by Crippen LogP contribution is -2.31. The zero-order chi connectivity index (χ0) is 21.1. The Bertz CT molecular complexity index is 940. The van der Waals surface area contributed by atoms with E-state index >= 15 is 0 Å². The maximum atomic E-state index is 12.5. The van der Waals surface area contributed by atoms with Crippen molar-refractivity contribution in [2.45, 2.75) is 50.0 Å². The van der Waals surface area contributed by atoms with Crippen molar-refractivity contribution in [1.82, 2.24) is 4.72 Å². The number of rotatable bonds is 6. The first-order chi connectivity index (χ1) is 13.6. The van der Waals surface area contributed by atoms with E-state index in [9.17, 15) is 13.2 Å². The van der Waals surface area contributed by atoms with Crippen LogP contribution in [0.15, 0.2) is 53.4 Å². The third-order valence-electron chi connectivity index (χ3n) is 4.96. The third-order valence-corrected chi connectivity index (χ3v) is 6.40. The van der Waals surface area contributed by atoms with Gasteiger partial charge in [0.1, 0.15) is 0 Å². The molecule has 0 aliphatic carbocycles. The van der Waals surface area contributed by atoms with Gasteiger partial charge in [-0.05, 0) is 60.2 Å². The summed E-state index contributed by atoms with van der Waals surface area (Å²) in [5.41, 5.74) is 2.31. The van der Waals surface area contributed by atoms with E-state index in [0.717, 1.165) is 12.8 Å². The number of anilines is 1. The van der Waals surface area contributed by atoms with E-state index in [4.69, 9.17) is 4.74 Å². The van der Waals surface area contributed by atoms with Crippen LogP contribution in [0.3, 0.4) is 0 Å². The second-order valence-electron chi connectivity index (χ2n) is 8.29. The fourth-order valence-electron chi connectivity index (χ4n) is 3.13. The van der Waals surface area contributed by atoms with Crippen LogP contribution >= 0.6 is 0 Å². The molecule has 156 valence electrons. The van der Waals surface area contributed by atoms with Crippen LogP contribution in [0.4, 0.5) is 5.69 Å². The van der Waals surface area contributed by atoms with E-state index in [1.54, 1.807) is 0 Å². The number of benzene rings is 2. The van der Waals surface area contributed by atoms with Crippen molar-refractivity contribution in [3.63, 3.8) is 0 Å². The molecule has 1 heterocycles. The highest BCUT2D eigenvalue weighted by Gasteiger charge is 2.20. The first-order valence-electron chi connectivity index (χ1n) is 9.78. The van der Waals surface area contributed by atoms with E-state index in [1.807, 2.05) is 24.3 Å². The summed E-state index contributed by atoms with van der Waals surface area (Å²) in [5, 5.41) is 2.84. The van der Waals surface area contributed by atoms with Crippen molar-refractivity contribution < 1.29 is 17.9 Å². The minimum Gasteiger partial charge on any atom is -0.377 e. The summed E-state index contributed by atoms with van der Waals surface area (Å²) in [5.74, 6) is -0.287. The van der Waals surface area contributed by atoms with Gasteiger partial charge in [0.2, 0.25) is 10.0 Å². The molecule has 0 aromatic heterocycles. The molecule has 2 aromatic rings. The standard InChI is InChI=1S/C22H28N2O4S/c1-22(2,3)17-8-10-18(11-9-17)24-21(25)16-6-12-20(13-7-16)29(26,27)23-15-19-5-4-14-28-19/h6-13,19,23H,4-5,14-15H2,1-3H3,(H,24,25)/t19-/m1/s1. The predicted octanol–water partition coefficient (Wildman–Crippen LogP) is 3.69. The number of hydrogen-bond donors (Lipinski definition) is 2. The number of hydrogen-bond acceptors (Lipinski definition) is 4. The molecule has 6 nitrogen and oxygen atoms in total. The van der Waals surface area contributed by atoms with E-state index in [0.29, 0.717) is 17.9 Å². The van der Waals surface area contributed by atoms with Gasteiger partial charge in [0.15, 0.2) is 0 Å². The van der Waals surface area contributed by atoms with E-state index in [2.05, 4.69) is 30.8 Å². The van der Waals surface area contributed by atoms with Crippen LogP contribution in [0.1, 0.15) is 49.5 Å². The Hall–Kier alpha value is -2.22. The quantitative estimate of drug-likeness (QED) is 0.752. The Morgan fingerprint density at radius 2 is 1.72 bits per heavy atom. The molecule has 1 amide bonds. The molecule has 1 atom stereocenters. The summed E-state index contributed by atoms with van der Waals surface area (Å²) in [6.07, 6.45) is 1.74. The van der Waals surface area contributed by atoms with Gasteiger partial charge in [-0.25, -0.2) is 13.1 Å². The fraction of sp³-hybridized carbons (Fsp3) is 0.409. The van der Waals surface area contributed by atoms with Gasteiger partial charge < -0.3 is 10.1 Å². The summed E-state index contributed by atoms with van der Waals surface area (Å²) in [6.45, 7) is 7.33. The van der Waals surface area contributed by atoms with Crippen LogP contribution in [0.5, 0.6) is 0 Å². The second-order valence-corrected chi connectivity index (χ2v) is 10.1. The average molecular weight is 417 g/mol. The molecule has 0 spiro atoms. The molecular weight excluding hydrogens is 388 g/mol. The Morgan fingerprint density at radius 1 is 1.07 bits per heavy atom. The van der Waals surface area contributed by atoms with Crippen molar-refractivity contribution in [3.8, 4) is 0 Å². The fourth-order valence-corrected chi connectivity index (χ4v) is 4.20. The second kappa shape index (κ2) is 8.65. The molecule has 2 aromatic carbocycles. The zero-order valence-corrected chi connectivity index (χ0v) is 17.9. The molecule has 1 saturated heterocycles. The molecule has 29 heavy (non-hydrogen) atoms. The molecular formula is C22H28N2O4S. The van der Waals surface area contributed by atoms with Gasteiger partial charge in [0.05, 0.1) is 11.0 Å². The molecule has 2 N–H and O–H groups in total. The van der Waals surface area contributed by atoms with Crippen LogP contribution in [-0.2, 0) is 20.2 Å². The number of ether oxygens (including phenoxy) is 1. The Morgan fingerprint density at radius 3 is 2.28 bits per heavy atom. The summed E-state index contributed by atoms with van der Waals surface area (Å²) in [4.78, 5) is 12.6. The Labute approximate surface area is 172 Å². The number of amides is 1. The van der Waals surface area contributed by atoms with Crippen molar-refractivity contribution in [1.29, 1.82) is 0 Å². The first-order valence-corrected chi connectivity index (χ1v) is 11.3. The van der Waals surface area contributed by atoms with Gasteiger partial charge >= 0.3 is 0 Å². The highest BCUT2D eigenvalue weighted by Crippen LogP contribution is 2.23. The average Bonchev–Trinajstić information content (AvgIpc) is 3.20. The monoisotopic (exact) mass is 416 g/mol. The summed E-state index contributed by atoms with van der Waals surface area (Å²) in [7, 11) is -3.63. The highest BCUT2D eigenvalue weighted by molar-refractivity contribution is 7.89. The van der Waals surface area contributed by atoms with Crippen molar-refractivity contribution >= 4 is 21.6 Å². The maximum absolute atomic E-state index is 12.5. The number of sulfonamides is 1. The Kier molecular flexibility index (Phi) is 6.41. The molecule has 3 rings (SSSR count). The van der Waals surface area contributed by atoms with Crippen molar-refractivity contribution in [3.05, 3.63) is 59.7 Å². The number of carbonyl (C=O) groups excluding carboxylic acids is 1.